The number of nitrogens with one attached hydrogen (secondary N) is 1. The van der Waals surface area contributed by atoms with Gasteiger partial charge in [0.25, 0.3) is 0 Å². The molecule has 2 nitrogen and oxygen atoms in total. The van der Waals surface area contributed by atoms with Crippen molar-refractivity contribution in [2.75, 3.05) is 0 Å². The van der Waals surface area contributed by atoms with Crippen LogP contribution in [0.5, 0.6) is 0 Å². The Morgan fingerprint density at radius 1 is 1.13 bits per heavy atom. The fourth-order valence-electron chi connectivity index (χ4n) is 4.93. The summed E-state index contributed by atoms with van der Waals surface area (Å²) < 4.78 is 0. The second-order valence-electron chi connectivity index (χ2n) is 6.05. The van der Waals surface area contributed by atoms with E-state index >= 15 is 0 Å². The van der Waals surface area contributed by atoms with E-state index in [-0.39, 0.29) is 6.04 Å². The molecule has 1 unspecified atom stereocenters. The van der Waals surface area contributed by atoms with Gasteiger partial charge >= 0.3 is 0 Å². The number of hydrazine groups is 1. The molecule has 0 aromatic carbocycles. The second kappa shape index (κ2) is 3.23. The molecule has 0 saturated heterocycles. The van der Waals surface area contributed by atoms with Crippen LogP contribution in [-0.2, 0) is 0 Å². The zero-order chi connectivity index (χ0) is 10.5. The van der Waals surface area contributed by atoms with E-state index in [1.165, 1.54) is 38.5 Å². The molecule has 0 aromatic rings. The third-order valence-corrected chi connectivity index (χ3v) is 5.03. The van der Waals surface area contributed by atoms with Gasteiger partial charge in [-0.05, 0) is 61.7 Å². The largest absolute Gasteiger partial charge is 0.270 e. The molecule has 0 aromatic heterocycles. The fourth-order valence-corrected chi connectivity index (χ4v) is 4.93. The molecular formula is C13H20N2. The van der Waals surface area contributed by atoms with Crippen LogP contribution >= 0.6 is 0 Å². The number of nitrogens with two attached hydrogens (primary N) is 1. The van der Waals surface area contributed by atoms with Gasteiger partial charge in [0.2, 0.25) is 0 Å². The summed E-state index contributed by atoms with van der Waals surface area (Å²) in [7, 11) is 0. The molecular weight excluding hydrogens is 184 g/mol. The SMILES string of the molecule is C#CC(NN)C12CC3CC(CC(C3)C1)C2. The van der Waals surface area contributed by atoms with Crippen molar-refractivity contribution in [2.24, 2.45) is 29.0 Å². The fraction of sp³-hybridized carbons (Fsp3) is 0.846. The van der Waals surface area contributed by atoms with E-state index in [0.29, 0.717) is 5.41 Å². The first kappa shape index (κ1) is 9.69. The highest BCUT2D eigenvalue weighted by atomic mass is 15.2. The Labute approximate surface area is 92.0 Å². The predicted octanol–water partition coefficient (Wildman–Crippen LogP) is 1.67. The highest BCUT2D eigenvalue weighted by Crippen LogP contribution is 2.61. The lowest BCUT2D eigenvalue weighted by Gasteiger charge is -2.58. The minimum Gasteiger partial charge on any atom is -0.270 e. The summed E-state index contributed by atoms with van der Waals surface area (Å²) in [5.41, 5.74) is 3.22. The molecule has 4 fully saturated rings. The quantitative estimate of drug-likeness (QED) is 0.408. The van der Waals surface area contributed by atoms with Crippen LogP contribution in [-0.4, -0.2) is 6.04 Å². The van der Waals surface area contributed by atoms with Crippen molar-refractivity contribution in [3.63, 3.8) is 0 Å². The van der Waals surface area contributed by atoms with Crippen LogP contribution in [0.3, 0.4) is 0 Å². The highest BCUT2D eigenvalue weighted by Gasteiger charge is 2.53. The summed E-state index contributed by atoms with van der Waals surface area (Å²) in [6.07, 6.45) is 13.9. The zero-order valence-corrected chi connectivity index (χ0v) is 9.21. The van der Waals surface area contributed by atoms with Crippen molar-refractivity contribution < 1.29 is 0 Å². The minimum absolute atomic E-state index is 0.103. The van der Waals surface area contributed by atoms with E-state index in [0.717, 1.165) is 17.8 Å². The van der Waals surface area contributed by atoms with Crippen LogP contribution in [0.2, 0.25) is 0 Å². The molecule has 1 atom stereocenters. The monoisotopic (exact) mass is 204 g/mol. The van der Waals surface area contributed by atoms with Crippen molar-refractivity contribution >= 4 is 0 Å². The van der Waals surface area contributed by atoms with Crippen molar-refractivity contribution in [1.82, 2.24) is 5.43 Å². The van der Waals surface area contributed by atoms with Gasteiger partial charge in [-0.15, -0.1) is 6.42 Å². The van der Waals surface area contributed by atoms with Crippen molar-refractivity contribution in [3.05, 3.63) is 0 Å². The van der Waals surface area contributed by atoms with Crippen LogP contribution < -0.4 is 11.3 Å². The Balaban J connectivity index is 1.90. The van der Waals surface area contributed by atoms with Gasteiger partial charge in [-0.3, -0.25) is 5.84 Å². The van der Waals surface area contributed by atoms with Gasteiger partial charge in [-0.1, -0.05) is 5.92 Å². The Kier molecular flexibility index (Phi) is 2.09. The van der Waals surface area contributed by atoms with E-state index in [4.69, 9.17) is 12.3 Å². The van der Waals surface area contributed by atoms with Crippen LogP contribution in [0.4, 0.5) is 0 Å². The molecule has 15 heavy (non-hydrogen) atoms. The van der Waals surface area contributed by atoms with E-state index in [1.807, 2.05) is 0 Å². The lowest BCUT2D eigenvalue weighted by atomic mass is 9.48. The average Bonchev–Trinajstić information content (AvgIpc) is 2.16. The predicted molar refractivity (Wildman–Crippen MR) is 60.5 cm³/mol. The molecule has 0 heterocycles. The third kappa shape index (κ3) is 1.33. The van der Waals surface area contributed by atoms with Crippen molar-refractivity contribution in [2.45, 2.75) is 44.6 Å². The van der Waals surface area contributed by atoms with Crippen molar-refractivity contribution in [3.8, 4) is 12.3 Å². The zero-order valence-electron chi connectivity index (χ0n) is 9.21. The molecule has 0 aliphatic heterocycles. The maximum Gasteiger partial charge on any atom is 0.0871 e. The van der Waals surface area contributed by atoms with Crippen LogP contribution in [0.15, 0.2) is 0 Å². The van der Waals surface area contributed by atoms with Crippen LogP contribution in [0, 0.1) is 35.5 Å². The Morgan fingerprint density at radius 2 is 1.60 bits per heavy atom. The Morgan fingerprint density at radius 3 is 1.93 bits per heavy atom. The van der Waals surface area contributed by atoms with Gasteiger partial charge in [0.1, 0.15) is 0 Å². The average molecular weight is 204 g/mol. The number of hydrogen-bond acceptors (Lipinski definition) is 2. The summed E-state index contributed by atoms with van der Waals surface area (Å²) in [4.78, 5) is 0. The maximum atomic E-state index is 5.61. The van der Waals surface area contributed by atoms with Gasteiger partial charge in [-0.2, -0.15) is 0 Å². The molecule has 4 rings (SSSR count). The van der Waals surface area contributed by atoms with Crippen LogP contribution in [0.25, 0.3) is 0 Å². The smallest absolute Gasteiger partial charge is 0.0871 e. The molecule has 4 saturated carbocycles. The number of hydrogen-bond donors (Lipinski definition) is 2. The topological polar surface area (TPSA) is 38.0 Å². The molecule has 0 spiro atoms. The lowest BCUT2D eigenvalue weighted by Crippen LogP contribution is -2.56. The van der Waals surface area contributed by atoms with E-state index in [9.17, 15) is 0 Å². The van der Waals surface area contributed by atoms with Gasteiger partial charge in [0.05, 0.1) is 6.04 Å². The number of terminal acetylenes is 1. The van der Waals surface area contributed by atoms with Gasteiger partial charge in [0, 0.05) is 0 Å². The summed E-state index contributed by atoms with van der Waals surface area (Å²) in [6, 6.07) is 0.103. The molecule has 4 bridgehead atoms. The van der Waals surface area contributed by atoms with E-state index in [2.05, 4.69) is 11.3 Å². The number of rotatable bonds is 2. The summed E-state index contributed by atoms with van der Waals surface area (Å²) in [5.74, 6) is 11.3. The molecule has 4 aliphatic carbocycles. The van der Waals surface area contributed by atoms with Gasteiger partial charge < -0.3 is 0 Å². The van der Waals surface area contributed by atoms with Gasteiger partial charge in [-0.25, -0.2) is 5.43 Å². The molecule has 4 aliphatic rings. The molecule has 0 radical (unpaired) electrons. The highest BCUT2D eigenvalue weighted by molar-refractivity contribution is 5.14. The van der Waals surface area contributed by atoms with E-state index in [1.54, 1.807) is 0 Å². The summed E-state index contributed by atoms with van der Waals surface area (Å²) in [5, 5.41) is 0. The Bertz CT molecular complexity index is 267. The molecule has 0 amide bonds. The van der Waals surface area contributed by atoms with Crippen molar-refractivity contribution in [1.29, 1.82) is 0 Å². The molecule has 3 N–H and O–H groups in total. The summed E-state index contributed by atoms with van der Waals surface area (Å²) >= 11 is 0. The normalized spacial score (nSPS) is 48.9. The van der Waals surface area contributed by atoms with E-state index < -0.39 is 0 Å². The second-order valence-corrected chi connectivity index (χ2v) is 6.05. The minimum atomic E-state index is 0.103. The lowest BCUT2D eigenvalue weighted by molar-refractivity contribution is -0.0633. The maximum absolute atomic E-state index is 5.61. The van der Waals surface area contributed by atoms with Gasteiger partial charge in [0.15, 0.2) is 0 Å². The first-order chi connectivity index (χ1) is 7.25. The first-order valence-corrected chi connectivity index (χ1v) is 6.18. The standard InChI is InChI=1S/C13H20N2/c1-2-12(15-14)13-6-9-3-10(7-13)5-11(4-9)8-13/h1,9-12,15H,3-8,14H2. The molecule has 82 valence electrons. The first-order valence-electron chi connectivity index (χ1n) is 6.18. The Hall–Kier alpha value is -0.520. The summed E-state index contributed by atoms with van der Waals surface area (Å²) in [6.45, 7) is 0. The van der Waals surface area contributed by atoms with Crippen LogP contribution in [0.1, 0.15) is 38.5 Å². The molecule has 2 heteroatoms. The third-order valence-electron chi connectivity index (χ3n) is 5.03.